The normalized spacial score (nSPS) is 18.4. The smallest absolute Gasteiger partial charge is 0.307 e. The highest BCUT2D eigenvalue weighted by Gasteiger charge is 2.30. The number of amides is 1. The molecule has 0 radical (unpaired) electrons. The number of hydrogen-bond donors (Lipinski definition) is 1. The highest BCUT2D eigenvalue weighted by Crippen LogP contribution is 2.21. The summed E-state index contributed by atoms with van der Waals surface area (Å²) in [5.41, 5.74) is 0.445. The van der Waals surface area contributed by atoms with Crippen LogP contribution in [0.15, 0.2) is 16.9 Å². The maximum absolute atomic E-state index is 12.6. The van der Waals surface area contributed by atoms with Gasteiger partial charge in [0.05, 0.1) is 13.5 Å². The molecule has 1 unspecified atom stereocenters. The first-order chi connectivity index (χ1) is 10.0. The molecule has 6 nitrogen and oxygen atoms in total. The molecule has 6 heteroatoms. The van der Waals surface area contributed by atoms with Gasteiger partial charge in [-0.25, -0.2) is 0 Å². The number of rotatable bonds is 3. The quantitative estimate of drug-likeness (QED) is 0.850. The van der Waals surface area contributed by atoms with Gasteiger partial charge in [-0.2, -0.15) is 0 Å². The van der Waals surface area contributed by atoms with Crippen molar-refractivity contribution in [1.29, 1.82) is 0 Å². The molecule has 2 heterocycles. The third-order valence-corrected chi connectivity index (χ3v) is 3.80. The van der Waals surface area contributed by atoms with Crippen LogP contribution >= 0.6 is 0 Å². The van der Waals surface area contributed by atoms with Crippen molar-refractivity contribution in [3.8, 4) is 0 Å². The summed E-state index contributed by atoms with van der Waals surface area (Å²) in [6.45, 7) is 2.32. The maximum Gasteiger partial charge on any atom is 0.307 e. The second kappa shape index (κ2) is 6.56. The zero-order valence-electron chi connectivity index (χ0n) is 12.3. The Morgan fingerprint density at radius 3 is 2.81 bits per heavy atom. The van der Waals surface area contributed by atoms with Crippen LogP contribution in [0.25, 0.3) is 0 Å². The molecule has 1 aliphatic heterocycles. The van der Waals surface area contributed by atoms with E-state index < -0.39 is 0 Å². The number of aromatic nitrogens is 1. The minimum atomic E-state index is -0.387. The second-order valence-electron chi connectivity index (χ2n) is 5.31. The van der Waals surface area contributed by atoms with Crippen molar-refractivity contribution < 1.29 is 14.3 Å². The number of esters is 1. The van der Waals surface area contributed by atoms with Crippen LogP contribution in [0.2, 0.25) is 0 Å². The van der Waals surface area contributed by atoms with Gasteiger partial charge < -0.3 is 14.6 Å². The second-order valence-corrected chi connectivity index (χ2v) is 5.31. The van der Waals surface area contributed by atoms with Gasteiger partial charge >= 0.3 is 5.97 Å². The van der Waals surface area contributed by atoms with Gasteiger partial charge in [-0.15, -0.1) is 0 Å². The SMILES string of the molecule is COC(=O)CC1CCCCN1C(=O)c1ccc(C)[nH]c1=O. The fourth-order valence-corrected chi connectivity index (χ4v) is 2.65. The van der Waals surface area contributed by atoms with Crippen LogP contribution in [0.4, 0.5) is 0 Å². The third-order valence-electron chi connectivity index (χ3n) is 3.80. The highest BCUT2D eigenvalue weighted by atomic mass is 16.5. The number of aryl methyl sites for hydroxylation is 1. The number of carbonyl (C=O) groups excluding carboxylic acids is 2. The Morgan fingerprint density at radius 2 is 2.14 bits per heavy atom. The number of aromatic amines is 1. The molecule has 0 bridgehead atoms. The molecule has 1 amide bonds. The number of carbonyl (C=O) groups is 2. The van der Waals surface area contributed by atoms with Crippen LogP contribution in [0.5, 0.6) is 0 Å². The molecule has 1 N–H and O–H groups in total. The molecular weight excluding hydrogens is 272 g/mol. The Bertz CT molecular complexity index is 594. The summed E-state index contributed by atoms with van der Waals surface area (Å²) in [7, 11) is 1.34. The zero-order valence-corrected chi connectivity index (χ0v) is 12.3. The summed E-state index contributed by atoms with van der Waals surface area (Å²) in [4.78, 5) is 40.2. The van der Waals surface area contributed by atoms with Gasteiger partial charge in [0.25, 0.3) is 11.5 Å². The molecule has 21 heavy (non-hydrogen) atoms. The summed E-state index contributed by atoms with van der Waals surface area (Å²) in [6.07, 6.45) is 2.78. The van der Waals surface area contributed by atoms with E-state index in [4.69, 9.17) is 0 Å². The van der Waals surface area contributed by atoms with Crippen molar-refractivity contribution in [2.75, 3.05) is 13.7 Å². The Labute approximate surface area is 123 Å². The minimum Gasteiger partial charge on any atom is -0.469 e. The Hall–Kier alpha value is -2.11. The number of nitrogens with zero attached hydrogens (tertiary/aromatic N) is 1. The number of nitrogens with one attached hydrogen (secondary N) is 1. The third kappa shape index (κ3) is 3.51. The van der Waals surface area contributed by atoms with Gasteiger partial charge in [0.15, 0.2) is 0 Å². The summed E-state index contributed by atoms with van der Waals surface area (Å²) >= 11 is 0. The molecule has 114 valence electrons. The van der Waals surface area contributed by atoms with Crippen LogP contribution in [0.1, 0.15) is 41.7 Å². The first-order valence-electron chi connectivity index (χ1n) is 7.10. The lowest BCUT2D eigenvalue weighted by molar-refractivity contribution is -0.142. The molecule has 1 aromatic rings. The molecule has 0 aromatic carbocycles. The molecule has 1 atom stereocenters. The average Bonchev–Trinajstić information content (AvgIpc) is 2.47. The largest absolute Gasteiger partial charge is 0.469 e. The van der Waals surface area contributed by atoms with Crippen LogP contribution in [-0.2, 0) is 9.53 Å². The van der Waals surface area contributed by atoms with Gasteiger partial charge in [0.1, 0.15) is 5.56 Å². The van der Waals surface area contributed by atoms with Crippen LogP contribution in [0, 0.1) is 6.92 Å². The van der Waals surface area contributed by atoms with E-state index in [-0.39, 0.29) is 35.5 Å². The zero-order chi connectivity index (χ0) is 15.4. The van der Waals surface area contributed by atoms with E-state index in [9.17, 15) is 14.4 Å². The Balaban J connectivity index is 2.22. The van der Waals surface area contributed by atoms with E-state index in [2.05, 4.69) is 9.72 Å². The molecule has 2 rings (SSSR count). The molecule has 0 spiro atoms. The molecule has 1 fully saturated rings. The van der Waals surface area contributed by atoms with Crippen molar-refractivity contribution >= 4 is 11.9 Å². The van der Waals surface area contributed by atoms with E-state index in [1.807, 2.05) is 0 Å². The fourth-order valence-electron chi connectivity index (χ4n) is 2.65. The Morgan fingerprint density at radius 1 is 1.38 bits per heavy atom. The summed E-state index contributed by atoms with van der Waals surface area (Å²) in [5, 5.41) is 0. The predicted octanol–water partition coefficient (Wildman–Crippen LogP) is 1.24. The number of methoxy groups -OCH3 is 1. The monoisotopic (exact) mass is 292 g/mol. The van der Waals surface area contributed by atoms with Crippen molar-refractivity contribution in [1.82, 2.24) is 9.88 Å². The molecule has 1 aromatic heterocycles. The van der Waals surface area contributed by atoms with Crippen molar-refractivity contribution in [2.45, 2.75) is 38.6 Å². The molecule has 0 aliphatic carbocycles. The van der Waals surface area contributed by atoms with Gasteiger partial charge in [0.2, 0.25) is 0 Å². The first kappa shape index (κ1) is 15.3. The fraction of sp³-hybridized carbons (Fsp3) is 0.533. The number of H-pyrrole nitrogens is 1. The van der Waals surface area contributed by atoms with Crippen molar-refractivity contribution in [2.24, 2.45) is 0 Å². The highest BCUT2D eigenvalue weighted by molar-refractivity contribution is 5.94. The van der Waals surface area contributed by atoms with E-state index >= 15 is 0 Å². The van der Waals surface area contributed by atoms with Crippen LogP contribution in [-0.4, -0.2) is 41.5 Å². The van der Waals surface area contributed by atoms with Crippen LogP contribution < -0.4 is 5.56 Å². The van der Waals surface area contributed by atoms with E-state index in [0.29, 0.717) is 12.2 Å². The molecule has 1 saturated heterocycles. The van der Waals surface area contributed by atoms with E-state index in [1.165, 1.54) is 7.11 Å². The Kier molecular flexibility index (Phi) is 4.77. The summed E-state index contributed by atoms with van der Waals surface area (Å²) in [5.74, 6) is -0.651. The van der Waals surface area contributed by atoms with Gasteiger partial charge in [-0.3, -0.25) is 14.4 Å². The number of likely N-dealkylation sites (tertiary alicyclic amines) is 1. The van der Waals surface area contributed by atoms with Gasteiger partial charge in [-0.1, -0.05) is 0 Å². The number of pyridine rings is 1. The van der Waals surface area contributed by atoms with E-state index in [1.54, 1.807) is 24.0 Å². The molecular formula is C15H20N2O4. The number of ether oxygens (including phenoxy) is 1. The lowest BCUT2D eigenvalue weighted by Crippen LogP contribution is -2.46. The standard InChI is InChI=1S/C15H20N2O4/c1-10-6-7-12(14(19)16-10)15(20)17-8-4-3-5-11(17)9-13(18)21-2/h6-7,11H,3-5,8-9H2,1-2H3,(H,16,19). The van der Waals surface area contributed by atoms with Crippen molar-refractivity contribution in [3.05, 3.63) is 33.7 Å². The predicted molar refractivity (Wildman–Crippen MR) is 77.1 cm³/mol. The maximum atomic E-state index is 12.6. The van der Waals surface area contributed by atoms with Gasteiger partial charge in [0, 0.05) is 18.3 Å². The minimum absolute atomic E-state index is 0.123. The summed E-state index contributed by atoms with van der Waals surface area (Å²) in [6, 6.07) is 3.05. The van der Waals surface area contributed by atoms with Gasteiger partial charge in [-0.05, 0) is 38.3 Å². The van der Waals surface area contributed by atoms with E-state index in [0.717, 1.165) is 19.3 Å². The lowest BCUT2D eigenvalue weighted by atomic mass is 9.98. The first-order valence-corrected chi connectivity index (χ1v) is 7.10. The van der Waals surface area contributed by atoms with Crippen LogP contribution in [0.3, 0.4) is 0 Å². The average molecular weight is 292 g/mol. The topological polar surface area (TPSA) is 79.5 Å². The van der Waals surface area contributed by atoms with Crippen molar-refractivity contribution in [3.63, 3.8) is 0 Å². The number of hydrogen-bond acceptors (Lipinski definition) is 4. The molecule has 0 saturated carbocycles. The lowest BCUT2D eigenvalue weighted by Gasteiger charge is -2.35. The summed E-state index contributed by atoms with van der Waals surface area (Å²) < 4.78 is 4.68. The molecule has 1 aliphatic rings. The number of piperidine rings is 1.